The van der Waals surface area contributed by atoms with Gasteiger partial charge in [0.05, 0.1) is 35.8 Å². The minimum absolute atomic E-state index is 0.0731. The monoisotopic (exact) mass is 508 g/mol. The Balaban J connectivity index is 2.25. The summed E-state index contributed by atoms with van der Waals surface area (Å²) in [6, 6.07) is 11.4. The molecule has 1 atom stereocenters. The van der Waals surface area contributed by atoms with Crippen LogP contribution in [0.1, 0.15) is 29.5 Å². The van der Waals surface area contributed by atoms with Crippen LogP contribution in [0.4, 0.5) is 17.6 Å². The number of nitrogens with zero attached hydrogens (tertiary/aromatic N) is 1. The highest BCUT2D eigenvalue weighted by atomic mass is 79.9. The van der Waals surface area contributed by atoms with Crippen LogP contribution in [0.15, 0.2) is 69.5 Å². The van der Waals surface area contributed by atoms with E-state index in [2.05, 4.69) is 21.2 Å². The maximum atomic E-state index is 13.8. The van der Waals surface area contributed by atoms with Gasteiger partial charge in [0, 0.05) is 22.3 Å². The lowest BCUT2D eigenvalue weighted by Crippen LogP contribution is -2.31. The van der Waals surface area contributed by atoms with E-state index in [0.29, 0.717) is 11.8 Å². The van der Waals surface area contributed by atoms with Crippen LogP contribution in [0.2, 0.25) is 0 Å². The molecule has 1 N–H and O–H groups in total. The number of ether oxygens (including phenoxy) is 1. The van der Waals surface area contributed by atoms with Gasteiger partial charge in [-0.1, -0.05) is 34.1 Å². The molecule has 0 aromatic heterocycles. The molecule has 0 aliphatic carbocycles. The maximum absolute atomic E-state index is 13.8. The molecule has 2 aromatic carbocycles. The van der Waals surface area contributed by atoms with Gasteiger partial charge in [0.1, 0.15) is 5.82 Å². The molecular weight excluding hydrogens is 492 g/mol. The number of rotatable bonds is 4. The number of halogens is 5. The van der Waals surface area contributed by atoms with Crippen LogP contribution < -0.4 is 5.32 Å². The molecule has 3 rings (SSSR count). The Morgan fingerprint density at radius 3 is 2.44 bits per heavy atom. The standard InChI is InChI=1S/C23H17BrF4N2O2/c1-12-20(22(31)32-2)21(16-8-7-15(25)10-18(16)23(26,27)28)17(11-29)19(30-12)9-13-3-5-14(24)6-4-13/h3-8,10,21,30H,9H2,1-2H3. The van der Waals surface area contributed by atoms with E-state index in [-0.39, 0.29) is 23.3 Å². The molecule has 0 spiro atoms. The van der Waals surface area contributed by atoms with Gasteiger partial charge in [-0.3, -0.25) is 0 Å². The summed E-state index contributed by atoms with van der Waals surface area (Å²) in [5, 5.41) is 12.9. The van der Waals surface area contributed by atoms with Crippen molar-refractivity contribution in [1.82, 2.24) is 5.32 Å². The highest BCUT2D eigenvalue weighted by Gasteiger charge is 2.41. The maximum Gasteiger partial charge on any atom is 0.416 e. The van der Waals surface area contributed by atoms with Crippen molar-refractivity contribution in [3.63, 3.8) is 0 Å². The molecule has 1 aliphatic heterocycles. The third kappa shape index (κ3) is 4.70. The SMILES string of the molecule is COC(=O)C1=C(C)NC(Cc2ccc(Br)cc2)=C(C#N)C1c1ccc(F)cc1C(F)(F)F. The average Bonchev–Trinajstić information content (AvgIpc) is 2.74. The van der Waals surface area contributed by atoms with Gasteiger partial charge in [-0.2, -0.15) is 18.4 Å². The molecule has 2 aromatic rings. The fourth-order valence-corrected chi connectivity index (χ4v) is 3.96. The lowest BCUT2D eigenvalue weighted by atomic mass is 9.78. The van der Waals surface area contributed by atoms with Crippen molar-refractivity contribution in [3.05, 3.63) is 92.0 Å². The molecule has 0 amide bonds. The Hall–Kier alpha value is -3.12. The first-order chi connectivity index (χ1) is 15.1. The summed E-state index contributed by atoms with van der Waals surface area (Å²) in [7, 11) is 1.10. The number of benzene rings is 2. The lowest BCUT2D eigenvalue weighted by Gasteiger charge is -2.31. The van der Waals surface area contributed by atoms with Crippen LogP contribution in [-0.2, 0) is 22.1 Å². The third-order valence-electron chi connectivity index (χ3n) is 5.10. The summed E-state index contributed by atoms with van der Waals surface area (Å²) >= 11 is 3.33. The normalized spacial score (nSPS) is 16.5. The summed E-state index contributed by atoms with van der Waals surface area (Å²) in [6.07, 6.45) is -4.69. The van der Waals surface area contributed by atoms with Crippen LogP contribution >= 0.6 is 15.9 Å². The summed E-state index contributed by atoms with van der Waals surface area (Å²) < 4.78 is 60.7. The predicted octanol–water partition coefficient (Wildman–Crippen LogP) is 5.76. The molecule has 9 heteroatoms. The van der Waals surface area contributed by atoms with Crippen LogP contribution in [0.5, 0.6) is 0 Å². The molecule has 1 aliphatic rings. The molecule has 166 valence electrons. The highest BCUT2D eigenvalue weighted by Crippen LogP contribution is 2.44. The van der Waals surface area contributed by atoms with Gasteiger partial charge < -0.3 is 10.1 Å². The van der Waals surface area contributed by atoms with Crippen LogP contribution in [0, 0.1) is 17.1 Å². The Morgan fingerprint density at radius 1 is 1.22 bits per heavy atom. The fourth-order valence-electron chi connectivity index (χ4n) is 3.69. The molecule has 1 heterocycles. The molecule has 0 radical (unpaired) electrons. The first-order valence-corrected chi connectivity index (χ1v) is 10.2. The van der Waals surface area contributed by atoms with E-state index in [1.807, 2.05) is 6.07 Å². The Kier molecular flexibility index (Phi) is 6.74. The van der Waals surface area contributed by atoms with Crippen LogP contribution in [0.3, 0.4) is 0 Å². The highest BCUT2D eigenvalue weighted by molar-refractivity contribution is 9.10. The van der Waals surface area contributed by atoms with Crippen molar-refractivity contribution in [2.75, 3.05) is 7.11 Å². The molecular formula is C23H17BrF4N2O2. The van der Waals surface area contributed by atoms with Crippen molar-refractivity contribution < 1.29 is 27.1 Å². The minimum Gasteiger partial charge on any atom is -0.466 e. The van der Waals surface area contributed by atoms with Crippen molar-refractivity contribution in [1.29, 1.82) is 5.26 Å². The van der Waals surface area contributed by atoms with E-state index in [9.17, 15) is 27.6 Å². The van der Waals surface area contributed by atoms with Crippen LogP contribution in [-0.4, -0.2) is 13.1 Å². The zero-order valence-corrected chi connectivity index (χ0v) is 18.6. The number of esters is 1. The molecule has 32 heavy (non-hydrogen) atoms. The molecule has 0 bridgehead atoms. The predicted molar refractivity (Wildman–Crippen MR) is 112 cm³/mol. The second-order valence-corrected chi connectivity index (χ2v) is 8.04. The number of hydrogen-bond donors (Lipinski definition) is 1. The van der Waals surface area contributed by atoms with E-state index >= 15 is 0 Å². The molecule has 0 saturated carbocycles. The number of allylic oxidation sites excluding steroid dienone is 3. The van der Waals surface area contributed by atoms with Gasteiger partial charge in [-0.05, 0) is 42.3 Å². The Bertz CT molecular complexity index is 1160. The van der Waals surface area contributed by atoms with E-state index in [1.54, 1.807) is 24.3 Å². The van der Waals surface area contributed by atoms with Crippen molar-refractivity contribution in [2.24, 2.45) is 0 Å². The molecule has 0 fully saturated rings. The molecule has 1 unspecified atom stereocenters. The quantitative estimate of drug-likeness (QED) is 0.421. The first-order valence-electron chi connectivity index (χ1n) is 9.37. The number of dihydropyridines is 1. The van der Waals surface area contributed by atoms with E-state index in [0.717, 1.165) is 29.3 Å². The van der Waals surface area contributed by atoms with Crippen molar-refractivity contribution in [2.45, 2.75) is 25.4 Å². The van der Waals surface area contributed by atoms with Gasteiger partial charge in [0.15, 0.2) is 0 Å². The fraction of sp³-hybridized carbons (Fsp3) is 0.217. The van der Waals surface area contributed by atoms with Crippen LogP contribution in [0.25, 0.3) is 0 Å². The average molecular weight is 509 g/mol. The number of hydrogen-bond acceptors (Lipinski definition) is 4. The van der Waals surface area contributed by atoms with Crippen molar-refractivity contribution >= 4 is 21.9 Å². The zero-order chi connectivity index (χ0) is 23.6. The summed E-state index contributed by atoms with van der Waals surface area (Å²) in [6.45, 7) is 1.52. The topological polar surface area (TPSA) is 62.1 Å². The van der Waals surface area contributed by atoms with Gasteiger partial charge in [-0.25, -0.2) is 9.18 Å². The molecule has 0 saturated heterocycles. The van der Waals surface area contributed by atoms with Gasteiger partial charge >= 0.3 is 12.1 Å². The first kappa shape index (κ1) is 23.5. The van der Waals surface area contributed by atoms with E-state index < -0.39 is 35.0 Å². The number of carbonyl (C=O) groups excluding carboxylic acids is 1. The van der Waals surface area contributed by atoms with E-state index in [4.69, 9.17) is 4.74 Å². The number of nitrogens with one attached hydrogen (secondary N) is 1. The number of nitriles is 1. The molecule has 4 nitrogen and oxygen atoms in total. The Labute approximate surface area is 190 Å². The number of methoxy groups -OCH3 is 1. The zero-order valence-electron chi connectivity index (χ0n) is 17.0. The van der Waals surface area contributed by atoms with Crippen molar-refractivity contribution in [3.8, 4) is 6.07 Å². The van der Waals surface area contributed by atoms with Gasteiger partial charge in [0.2, 0.25) is 0 Å². The second-order valence-electron chi connectivity index (χ2n) is 7.12. The lowest BCUT2D eigenvalue weighted by molar-refractivity contribution is -0.139. The number of alkyl halides is 3. The number of carbonyl (C=O) groups is 1. The smallest absolute Gasteiger partial charge is 0.416 e. The summed E-state index contributed by atoms with van der Waals surface area (Å²) in [5.41, 5.74) is -0.462. The van der Waals surface area contributed by atoms with Gasteiger partial charge in [0.25, 0.3) is 0 Å². The summed E-state index contributed by atoms with van der Waals surface area (Å²) in [4.78, 5) is 12.5. The van der Waals surface area contributed by atoms with Gasteiger partial charge in [-0.15, -0.1) is 0 Å². The minimum atomic E-state index is -4.90. The Morgan fingerprint density at radius 2 is 1.88 bits per heavy atom. The van der Waals surface area contributed by atoms with E-state index in [1.165, 1.54) is 6.92 Å². The third-order valence-corrected chi connectivity index (χ3v) is 5.63. The second kappa shape index (κ2) is 9.17. The summed E-state index contributed by atoms with van der Waals surface area (Å²) in [5.74, 6) is -3.34. The largest absolute Gasteiger partial charge is 0.466 e.